The number of nitrogens with one attached hydrogen (secondary N) is 1. The molecule has 1 heterocycles. The average Bonchev–Trinajstić information content (AvgIpc) is 3.34. The van der Waals surface area contributed by atoms with Crippen LogP contribution in [0.1, 0.15) is 24.0 Å². The molecule has 1 fully saturated rings. The molecule has 1 atom stereocenters. The maximum atomic E-state index is 12.3. The molecular weight excluding hydrogens is 396 g/mol. The van der Waals surface area contributed by atoms with Crippen LogP contribution in [0, 0.1) is 11.3 Å². The van der Waals surface area contributed by atoms with E-state index in [9.17, 15) is 10.1 Å². The molecule has 3 rings (SSSR count). The summed E-state index contributed by atoms with van der Waals surface area (Å²) in [5, 5.41) is 12.1. The highest BCUT2D eigenvalue weighted by Crippen LogP contribution is 2.25. The van der Waals surface area contributed by atoms with E-state index in [0.717, 1.165) is 36.3 Å². The molecule has 0 spiro atoms. The minimum Gasteiger partial charge on any atom is -0.497 e. The fraction of sp³-hybridized carbons (Fsp3) is 0.333. The van der Waals surface area contributed by atoms with Gasteiger partial charge in [-0.1, -0.05) is 12.1 Å². The first-order valence-electron chi connectivity index (χ1n) is 10.1. The van der Waals surface area contributed by atoms with Crippen LogP contribution in [-0.2, 0) is 16.1 Å². The first kappa shape index (κ1) is 22.2. The molecule has 162 valence electrons. The molecule has 0 aromatic heterocycles. The topological polar surface area (TPSA) is 89.8 Å². The Morgan fingerprint density at radius 2 is 1.97 bits per heavy atom. The normalized spacial score (nSPS) is 15.8. The summed E-state index contributed by atoms with van der Waals surface area (Å²) in [5.41, 5.74) is 1.64. The van der Waals surface area contributed by atoms with Gasteiger partial charge in [-0.3, -0.25) is 4.79 Å². The summed E-state index contributed by atoms with van der Waals surface area (Å²) < 4.78 is 21.9. The van der Waals surface area contributed by atoms with Gasteiger partial charge in [-0.15, -0.1) is 0 Å². The first-order chi connectivity index (χ1) is 15.1. The Balaban J connectivity index is 1.60. The van der Waals surface area contributed by atoms with Crippen LogP contribution in [0.3, 0.4) is 0 Å². The van der Waals surface area contributed by atoms with Gasteiger partial charge in [-0.2, -0.15) is 5.26 Å². The molecule has 1 N–H and O–H groups in total. The van der Waals surface area contributed by atoms with E-state index in [1.807, 2.05) is 24.3 Å². The number of ether oxygens (including phenoxy) is 4. The van der Waals surface area contributed by atoms with E-state index >= 15 is 0 Å². The molecule has 0 aliphatic carbocycles. The maximum absolute atomic E-state index is 12.3. The van der Waals surface area contributed by atoms with Gasteiger partial charge in [0.1, 0.15) is 35.5 Å². The summed E-state index contributed by atoms with van der Waals surface area (Å²) >= 11 is 0. The van der Waals surface area contributed by atoms with Gasteiger partial charge in [-0.25, -0.2) is 0 Å². The van der Waals surface area contributed by atoms with Crippen LogP contribution in [0.4, 0.5) is 0 Å². The number of carbonyl (C=O) groups is 1. The Bertz CT molecular complexity index is 957. The van der Waals surface area contributed by atoms with Crippen molar-refractivity contribution in [2.45, 2.75) is 25.6 Å². The minimum absolute atomic E-state index is 0.0310. The Kier molecular flexibility index (Phi) is 7.91. The number of methoxy groups -OCH3 is 2. The van der Waals surface area contributed by atoms with E-state index in [4.69, 9.17) is 18.9 Å². The SMILES string of the molecule is COc1ccc(OC)c(COc2ccc(/C=C(\C#N)C(=O)NC[C@@H]3CCCO3)cc2)c1. The molecule has 31 heavy (non-hydrogen) atoms. The summed E-state index contributed by atoms with van der Waals surface area (Å²) in [5.74, 6) is 1.70. The molecule has 2 aromatic rings. The highest BCUT2D eigenvalue weighted by Gasteiger charge is 2.17. The zero-order valence-corrected chi connectivity index (χ0v) is 17.7. The third-order valence-electron chi connectivity index (χ3n) is 4.95. The van der Waals surface area contributed by atoms with Crippen molar-refractivity contribution in [3.05, 3.63) is 59.2 Å². The van der Waals surface area contributed by atoms with Gasteiger partial charge in [0.05, 0.1) is 20.3 Å². The first-order valence-corrected chi connectivity index (χ1v) is 10.1. The highest BCUT2D eigenvalue weighted by atomic mass is 16.5. The number of carbonyl (C=O) groups excluding carboxylic acids is 1. The number of nitriles is 1. The fourth-order valence-electron chi connectivity index (χ4n) is 3.24. The Hall–Kier alpha value is -3.50. The molecule has 0 unspecified atom stereocenters. The summed E-state index contributed by atoms with van der Waals surface area (Å²) in [7, 11) is 3.22. The van der Waals surface area contributed by atoms with Gasteiger partial charge in [0, 0.05) is 18.7 Å². The number of benzene rings is 2. The highest BCUT2D eigenvalue weighted by molar-refractivity contribution is 6.01. The third kappa shape index (κ3) is 6.24. The Labute approximate surface area is 182 Å². The minimum atomic E-state index is -0.400. The largest absolute Gasteiger partial charge is 0.497 e. The molecule has 7 heteroatoms. The van der Waals surface area contributed by atoms with Crippen molar-refractivity contribution < 1.29 is 23.7 Å². The lowest BCUT2D eigenvalue weighted by Crippen LogP contribution is -2.32. The summed E-state index contributed by atoms with van der Waals surface area (Å²) in [6.45, 7) is 1.45. The van der Waals surface area contributed by atoms with E-state index in [2.05, 4.69) is 5.32 Å². The van der Waals surface area contributed by atoms with Crippen molar-refractivity contribution in [1.82, 2.24) is 5.32 Å². The van der Waals surface area contributed by atoms with Gasteiger partial charge >= 0.3 is 0 Å². The van der Waals surface area contributed by atoms with Gasteiger partial charge in [-0.05, 0) is 54.8 Å². The fourth-order valence-corrected chi connectivity index (χ4v) is 3.24. The predicted molar refractivity (Wildman–Crippen MR) is 116 cm³/mol. The molecule has 1 amide bonds. The van der Waals surface area contributed by atoms with E-state index < -0.39 is 5.91 Å². The van der Waals surface area contributed by atoms with Crippen LogP contribution in [0.5, 0.6) is 17.2 Å². The summed E-state index contributed by atoms with van der Waals surface area (Å²) in [6.07, 6.45) is 3.51. The van der Waals surface area contributed by atoms with Crippen molar-refractivity contribution in [3.8, 4) is 23.3 Å². The summed E-state index contributed by atoms with van der Waals surface area (Å²) in [4.78, 5) is 12.3. The van der Waals surface area contributed by atoms with E-state index in [1.54, 1.807) is 44.6 Å². The number of nitrogens with zero attached hydrogens (tertiary/aromatic N) is 1. The van der Waals surface area contributed by atoms with E-state index in [1.165, 1.54) is 0 Å². The van der Waals surface area contributed by atoms with Gasteiger partial charge in [0.2, 0.25) is 0 Å². The van der Waals surface area contributed by atoms with Crippen molar-refractivity contribution in [1.29, 1.82) is 5.26 Å². The van der Waals surface area contributed by atoms with Gasteiger partial charge in [0.15, 0.2) is 0 Å². The smallest absolute Gasteiger partial charge is 0.262 e. The molecule has 1 saturated heterocycles. The lowest BCUT2D eigenvalue weighted by molar-refractivity contribution is -0.117. The molecule has 0 bridgehead atoms. The van der Waals surface area contributed by atoms with Gasteiger partial charge in [0.25, 0.3) is 5.91 Å². The van der Waals surface area contributed by atoms with Crippen LogP contribution < -0.4 is 19.5 Å². The Morgan fingerprint density at radius 1 is 1.19 bits per heavy atom. The Morgan fingerprint density at radius 3 is 2.61 bits per heavy atom. The zero-order chi connectivity index (χ0) is 22.1. The lowest BCUT2D eigenvalue weighted by Gasteiger charge is -2.12. The molecule has 0 radical (unpaired) electrons. The summed E-state index contributed by atoms with van der Waals surface area (Å²) in [6, 6.07) is 14.7. The van der Waals surface area contributed by atoms with Crippen molar-refractivity contribution in [2.75, 3.05) is 27.4 Å². The second-order valence-electron chi connectivity index (χ2n) is 7.05. The molecule has 1 aliphatic heterocycles. The molecule has 2 aromatic carbocycles. The van der Waals surface area contributed by atoms with Crippen molar-refractivity contribution >= 4 is 12.0 Å². The molecular formula is C24H26N2O5. The van der Waals surface area contributed by atoms with E-state index in [0.29, 0.717) is 24.7 Å². The third-order valence-corrected chi connectivity index (χ3v) is 4.95. The molecule has 7 nitrogen and oxygen atoms in total. The number of rotatable bonds is 9. The molecule has 0 saturated carbocycles. The van der Waals surface area contributed by atoms with Crippen LogP contribution >= 0.6 is 0 Å². The van der Waals surface area contributed by atoms with Crippen LogP contribution in [0.2, 0.25) is 0 Å². The van der Waals surface area contributed by atoms with E-state index in [-0.39, 0.29) is 11.7 Å². The predicted octanol–water partition coefficient (Wildman–Crippen LogP) is 3.48. The van der Waals surface area contributed by atoms with Crippen LogP contribution in [0.25, 0.3) is 6.08 Å². The molecule has 1 aliphatic rings. The average molecular weight is 422 g/mol. The van der Waals surface area contributed by atoms with Crippen molar-refractivity contribution in [2.24, 2.45) is 0 Å². The van der Waals surface area contributed by atoms with Crippen LogP contribution in [-0.4, -0.2) is 39.4 Å². The quantitative estimate of drug-likeness (QED) is 0.492. The second kappa shape index (κ2) is 11.0. The number of amides is 1. The monoisotopic (exact) mass is 422 g/mol. The van der Waals surface area contributed by atoms with Crippen molar-refractivity contribution in [3.63, 3.8) is 0 Å². The second-order valence-corrected chi connectivity index (χ2v) is 7.05. The maximum Gasteiger partial charge on any atom is 0.262 e. The van der Waals surface area contributed by atoms with Crippen LogP contribution in [0.15, 0.2) is 48.0 Å². The number of hydrogen-bond donors (Lipinski definition) is 1. The zero-order valence-electron chi connectivity index (χ0n) is 17.7. The lowest BCUT2D eigenvalue weighted by atomic mass is 10.1. The van der Waals surface area contributed by atoms with Gasteiger partial charge < -0.3 is 24.3 Å². The standard InChI is InChI=1S/C24H26N2O5/c1-28-21-9-10-23(29-2)19(13-21)16-31-20-7-5-17(6-8-20)12-18(14-25)24(27)26-15-22-4-3-11-30-22/h5-10,12-13,22H,3-4,11,15-16H2,1-2H3,(H,26,27)/b18-12+/t22-/m0/s1. The number of hydrogen-bond acceptors (Lipinski definition) is 6.